The second kappa shape index (κ2) is 8.28. The molecule has 0 aliphatic rings. The summed E-state index contributed by atoms with van der Waals surface area (Å²) in [6.45, 7) is 0. The Kier molecular flexibility index (Phi) is 5.75. The molecule has 31 heavy (non-hydrogen) atoms. The standard InChI is InChI=1S/C21H14O9S/c22-19(23)12-4-7-15(8-5-12)31(28,29)16-3-1-2-13(10-16)30-14-6-9-17(20(24)25)18(11-14)21(26)27/h1-11H,(H,22,23)(H,24,25)(H,26,27). The number of sulfone groups is 1. The fourth-order valence-corrected chi connectivity index (χ4v) is 4.00. The van der Waals surface area contributed by atoms with E-state index >= 15 is 0 Å². The van der Waals surface area contributed by atoms with E-state index in [1.165, 1.54) is 54.6 Å². The van der Waals surface area contributed by atoms with E-state index in [1.807, 2.05) is 0 Å². The molecule has 0 fully saturated rings. The zero-order valence-electron chi connectivity index (χ0n) is 15.6. The van der Waals surface area contributed by atoms with Gasteiger partial charge in [-0.05, 0) is 60.7 Å². The van der Waals surface area contributed by atoms with Crippen LogP contribution in [-0.4, -0.2) is 41.6 Å². The van der Waals surface area contributed by atoms with Crippen LogP contribution in [0.4, 0.5) is 0 Å². The van der Waals surface area contributed by atoms with Gasteiger partial charge in [-0.3, -0.25) is 0 Å². The molecule has 0 aliphatic heterocycles. The molecule has 0 heterocycles. The lowest BCUT2D eigenvalue weighted by atomic mass is 10.1. The first kappa shape index (κ1) is 21.5. The van der Waals surface area contributed by atoms with Gasteiger partial charge in [-0.1, -0.05) is 6.07 Å². The Labute approximate surface area is 175 Å². The Morgan fingerprint density at radius 3 is 1.84 bits per heavy atom. The molecule has 3 rings (SSSR count). The number of benzene rings is 3. The fourth-order valence-electron chi connectivity index (χ4n) is 2.70. The molecule has 9 nitrogen and oxygen atoms in total. The molecule has 0 amide bonds. The normalized spacial score (nSPS) is 11.0. The van der Waals surface area contributed by atoms with E-state index in [0.717, 1.165) is 12.1 Å². The van der Waals surface area contributed by atoms with Crippen molar-refractivity contribution < 1.29 is 42.9 Å². The van der Waals surface area contributed by atoms with Gasteiger partial charge in [-0.25, -0.2) is 22.8 Å². The number of carboxylic acids is 3. The zero-order chi connectivity index (χ0) is 22.8. The van der Waals surface area contributed by atoms with Crippen LogP contribution in [0.3, 0.4) is 0 Å². The Hall–Kier alpha value is -4.18. The highest BCUT2D eigenvalue weighted by Gasteiger charge is 2.20. The van der Waals surface area contributed by atoms with Crippen molar-refractivity contribution in [1.82, 2.24) is 0 Å². The second-order valence-corrected chi connectivity index (χ2v) is 8.18. The quantitative estimate of drug-likeness (QED) is 0.499. The van der Waals surface area contributed by atoms with Gasteiger partial charge in [0.2, 0.25) is 9.84 Å². The van der Waals surface area contributed by atoms with E-state index in [0.29, 0.717) is 0 Å². The summed E-state index contributed by atoms with van der Waals surface area (Å²) in [4.78, 5) is 33.1. The van der Waals surface area contributed by atoms with Crippen molar-refractivity contribution in [3.8, 4) is 11.5 Å². The Balaban J connectivity index is 1.93. The van der Waals surface area contributed by atoms with Crippen molar-refractivity contribution in [3.63, 3.8) is 0 Å². The van der Waals surface area contributed by atoms with Crippen molar-refractivity contribution >= 4 is 27.7 Å². The molecular weight excluding hydrogens is 428 g/mol. The van der Waals surface area contributed by atoms with Gasteiger partial charge in [0.05, 0.1) is 26.5 Å². The highest BCUT2D eigenvalue weighted by molar-refractivity contribution is 7.91. The van der Waals surface area contributed by atoms with Gasteiger partial charge < -0.3 is 20.1 Å². The summed E-state index contributed by atoms with van der Waals surface area (Å²) in [6, 6.07) is 13.4. The summed E-state index contributed by atoms with van der Waals surface area (Å²) >= 11 is 0. The average Bonchev–Trinajstić information content (AvgIpc) is 2.73. The molecule has 3 N–H and O–H groups in total. The minimum atomic E-state index is -3.98. The molecule has 0 spiro atoms. The van der Waals surface area contributed by atoms with Crippen LogP contribution in [-0.2, 0) is 9.84 Å². The number of aromatic carboxylic acids is 3. The van der Waals surface area contributed by atoms with Crippen LogP contribution in [0.1, 0.15) is 31.1 Å². The zero-order valence-corrected chi connectivity index (χ0v) is 16.4. The van der Waals surface area contributed by atoms with Crippen LogP contribution in [0.2, 0.25) is 0 Å². The highest BCUT2D eigenvalue weighted by atomic mass is 32.2. The maximum atomic E-state index is 12.8. The minimum absolute atomic E-state index is 0.00255. The molecule has 3 aromatic rings. The summed E-state index contributed by atoms with van der Waals surface area (Å²) in [5.41, 5.74) is -0.955. The molecule has 10 heteroatoms. The third kappa shape index (κ3) is 4.54. The van der Waals surface area contributed by atoms with Gasteiger partial charge in [0.15, 0.2) is 0 Å². The lowest BCUT2D eigenvalue weighted by Crippen LogP contribution is -2.08. The molecule has 0 saturated carbocycles. The summed E-state index contributed by atoms with van der Waals surface area (Å²) in [7, 11) is -3.98. The number of hydrogen-bond donors (Lipinski definition) is 3. The largest absolute Gasteiger partial charge is 0.478 e. The van der Waals surface area contributed by atoms with Crippen LogP contribution in [0.15, 0.2) is 76.5 Å². The second-order valence-electron chi connectivity index (χ2n) is 6.23. The lowest BCUT2D eigenvalue weighted by Gasteiger charge is -2.10. The van der Waals surface area contributed by atoms with Crippen molar-refractivity contribution in [1.29, 1.82) is 0 Å². The summed E-state index contributed by atoms with van der Waals surface area (Å²) < 4.78 is 31.2. The maximum absolute atomic E-state index is 12.8. The smallest absolute Gasteiger partial charge is 0.336 e. The number of hydrogen-bond acceptors (Lipinski definition) is 6. The molecule has 0 aromatic heterocycles. The Morgan fingerprint density at radius 2 is 1.26 bits per heavy atom. The summed E-state index contributed by atoms with van der Waals surface area (Å²) in [5.74, 6) is -3.98. The molecule has 158 valence electrons. The van der Waals surface area contributed by atoms with E-state index in [9.17, 15) is 27.9 Å². The molecule has 0 bridgehead atoms. The van der Waals surface area contributed by atoms with E-state index in [2.05, 4.69) is 0 Å². The monoisotopic (exact) mass is 442 g/mol. The molecule has 0 radical (unpaired) electrons. The van der Waals surface area contributed by atoms with Crippen LogP contribution in [0.5, 0.6) is 11.5 Å². The third-order valence-electron chi connectivity index (χ3n) is 4.21. The van der Waals surface area contributed by atoms with Crippen LogP contribution < -0.4 is 4.74 Å². The van der Waals surface area contributed by atoms with Crippen LogP contribution in [0.25, 0.3) is 0 Å². The molecule has 0 unspecified atom stereocenters. The van der Waals surface area contributed by atoms with E-state index in [1.54, 1.807) is 0 Å². The van der Waals surface area contributed by atoms with E-state index in [4.69, 9.17) is 14.9 Å². The molecular formula is C21H14O9S. The van der Waals surface area contributed by atoms with E-state index < -0.39 is 38.9 Å². The maximum Gasteiger partial charge on any atom is 0.336 e. The van der Waals surface area contributed by atoms with Gasteiger partial charge in [0.1, 0.15) is 11.5 Å². The third-order valence-corrected chi connectivity index (χ3v) is 5.98. The molecule has 3 aromatic carbocycles. The van der Waals surface area contributed by atoms with Gasteiger partial charge in [-0.15, -0.1) is 0 Å². The summed E-state index contributed by atoms with van der Waals surface area (Å²) in [6.07, 6.45) is 0. The minimum Gasteiger partial charge on any atom is -0.478 e. The number of carbonyl (C=O) groups is 3. The van der Waals surface area contributed by atoms with Crippen LogP contribution in [0, 0.1) is 0 Å². The van der Waals surface area contributed by atoms with Gasteiger partial charge in [0.25, 0.3) is 0 Å². The molecule has 0 aliphatic carbocycles. The number of carboxylic acid groups (broad SMARTS) is 3. The Bertz CT molecular complexity index is 1290. The van der Waals surface area contributed by atoms with Crippen molar-refractivity contribution in [2.45, 2.75) is 9.79 Å². The summed E-state index contributed by atoms with van der Waals surface area (Å²) in [5, 5.41) is 27.2. The van der Waals surface area contributed by atoms with Crippen molar-refractivity contribution in [2.75, 3.05) is 0 Å². The van der Waals surface area contributed by atoms with E-state index in [-0.39, 0.29) is 26.9 Å². The van der Waals surface area contributed by atoms with Gasteiger partial charge in [0, 0.05) is 0 Å². The van der Waals surface area contributed by atoms with Gasteiger partial charge >= 0.3 is 17.9 Å². The lowest BCUT2D eigenvalue weighted by molar-refractivity contribution is 0.0651. The fraction of sp³-hybridized carbons (Fsp3) is 0. The van der Waals surface area contributed by atoms with Crippen molar-refractivity contribution in [2.24, 2.45) is 0 Å². The SMILES string of the molecule is O=C(O)c1ccc(S(=O)(=O)c2cccc(Oc3ccc(C(=O)O)c(C(=O)O)c3)c2)cc1. The van der Waals surface area contributed by atoms with Crippen LogP contribution >= 0.6 is 0 Å². The van der Waals surface area contributed by atoms with Gasteiger partial charge in [-0.2, -0.15) is 0 Å². The predicted molar refractivity (Wildman–Crippen MR) is 106 cm³/mol. The first-order valence-electron chi connectivity index (χ1n) is 8.56. The van der Waals surface area contributed by atoms with Crippen molar-refractivity contribution in [3.05, 3.63) is 83.4 Å². The average molecular weight is 442 g/mol. The number of ether oxygens (including phenoxy) is 1. The molecule has 0 saturated heterocycles. The Morgan fingerprint density at radius 1 is 0.645 bits per heavy atom. The number of rotatable bonds is 7. The predicted octanol–water partition coefficient (Wildman–Crippen LogP) is 3.41. The molecule has 0 atom stereocenters. The first-order valence-corrected chi connectivity index (χ1v) is 10.0. The first-order chi connectivity index (χ1) is 14.6. The topological polar surface area (TPSA) is 155 Å². The highest BCUT2D eigenvalue weighted by Crippen LogP contribution is 2.29.